The fourth-order valence-electron chi connectivity index (χ4n) is 1.58. The van der Waals surface area contributed by atoms with Crippen LogP contribution in [0.1, 0.15) is 51.4 Å². The van der Waals surface area contributed by atoms with E-state index in [1.807, 2.05) is 0 Å². The molecule has 0 aromatic heterocycles. The van der Waals surface area contributed by atoms with Gasteiger partial charge in [-0.1, -0.05) is 12.8 Å². The molecule has 0 fully saturated rings. The third kappa shape index (κ3) is 11.3. The lowest BCUT2D eigenvalue weighted by Crippen LogP contribution is -2.24. The topological polar surface area (TPSA) is 84.5 Å². The van der Waals surface area contributed by atoms with Crippen molar-refractivity contribution in [3.8, 4) is 0 Å². The van der Waals surface area contributed by atoms with Crippen molar-refractivity contribution in [1.82, 2.24) is 5.32 Å². The van der Waals surface area contributed by atoms with Gasteiger partial charge in [-0.25, -0.2) is 4.99 Å². The summed E-state index contributed by atoms with van der Waals surface area (Å²) in [6.07, 6.45) is 6.58. The molecule has 0 rings (SSSR count). The summed E-state index contributed by atoms with van der Waals surface area (Å²) in [7, 11) is 0. The molecular weight excluding hydrogens is 230 g/mol. The summed E-state index contributed by atoms with van der Waals surface area (Å²) in [6.45, 7) is 4.56. The molecule has 5 heteroatoms. The quantitative estimate of drug-likeness (QED) is 0.432. The summed E-state index contributed by atoms with van der Waals surface area (Å²) in [5.74, 6) is -0.0465. The first-order valence-corrected chi connectivity index (χ1v) is 6.67. The highest BCUT2D eigenvalue weighted by molar-refractivity contribution is 5.80. The van der Waals surface area contributed by atoms with Gasteiger partial charge in [0.05, 0.1) is 0 Å². The summed E-state index contributed by atoms with van der Waals surface area (Å²) < 4.78 is 0. The molecule has 0 heterocycles. The van der Waals surface area contributed by atoms with Crippen LogP contribution in [0, 0.1) is 0 Å². The van der Waals surface area contributed by atoms with E-state index in [0.717, 1.165) is 38.5 Å². The van der Waals surface area contributed by atoms with Crippen molar-refractivity contribution in [2.75, 3.05) is 13.1 Å². The molecule has 104 valence electrons. The largest absolute Gasteiger partial charge is 0.356 e. The molecule has 0 saturated carbocycles. The second-order valence-corrected chi connectivity index (χ2v) is 4.31. The van der Waals surface area contributed by atoms with Gasteiger partial charge in [0.25, 0.3) is 0 Å². The zero-order valence-electron chi connectivity index (χ0n) is 11.1. The fraction of sp³-hybridized carbons (Fsp3) is 0.769. The number of unbranched alkanes of at least 4 members (excludes halogenated alkanes) is 4. The third-order valence-electron chi connectivity index (χ3n) is 2.67. The predicted molar refractivity (Wildman–Crippen MR) is 73.6 cm³/mol. The third-order valence-corrected chi connectivity index (χ3v) is 2.67. The van der Waals surface area contributed by atoms with Crippen molar-refractivity contribution in [2.45, 2.75) is 51.4 Å². The van der Waals surface area contributed by atoms with Crippen molar-refractivity contribution in [2.24, 2.45) is 10.7 Å². The van der Waals surface area contributed by atoms with E-state index in [4.69, 9.17) is 5.73 Å². The minimum absolute atomic E-state index is 0.107. The first-order chi connectivity index (χ1) is 8.70. The lowest BCUT2D eigenvalue weighted by atomic mass is 10.1. The van der Waals surface area contributed by atoms with Crippen molar-refractivity contribution in [3.05, 3.63) is 0 Å². The van der Waals surface area contributed by atoms with Crippen LogP contribution in [0.3, 0.4) is 0 Å². The highest BCUT2D eigenvalue weighted by Gasteiger charge is 2.00. The number of nitrogens with zero attached hydrogens (tertiary/aromatic N) is 1. The molecule has 3 N–H and O–H groups in total. The van der Waals surface area contributed by atoms with Crippen LogP contribution < -0.4 is 11.1 Å². The molecule has 0 aromatic rings. The van der Waals surface area contributed by atoms with Crippen LogP contribution in [0.4, 0.5) is 0 Å². The Morgan fingerprint density at radius 2 is 1.67 bits per heavy atom. The molecule has 0 spiro atoms. The maximum atomic E-state index is 11.4. The SMILES string of the molecule is C=NC(=O)CCCCCNC(=O)CCCCCN. The average Bonchev–Trinajstić information content (AvgIpc) is 2.38. The molecule has 0 saturated heterocycles. The van der Waals surface area contributed by atoms with Gasteiger partial charge in [-0.05, 0) is 38.9 Å². The van der Waals surface area contributed by atoms with Gasteiger partial charge in [0.1, 0.15) is 0 Å². The molecule has 18 heavy (non-hydrogen) atoms. The van der Waals surface area contributed by atoms with Gasteiger partial charge in [0, 0.05) is 19.4 Å². The minimum atomic E-state index is -0.154. The Balaban J connectivity index is 3.24. The van der Waals surface area contributed by atoms with E-state index in [0.29, 0.717) is 25.9 Å². The summed E-state index contributed by atoms with van der Waals surface area (Å²) in [5.41, 5.74) is 5.37. The number of hydrogen-bond acceptors (Lipinski definition) is 3. The number of nitrogens with two attached hydrogens (primary N) is 1. The zero-order valence-corrected chi connectivity index (χ0v) is 11.1. The highest BCUT2D eigenvalue weighted by atomic mass is 16.2. The number of hydrogen-bond donors (Lipinski definition) is 2. The Kier molecular flexibility index (Phi) is 11.4. The maximum Gasteiger partial charge on any atom is 0.245 e. The Morgan fingerprint density at radius 3 is 2.33 bits per heavy atom. The van der Waals surface area contributed by atoms with Crippen molar-refractivity contribution >= 4 is 18.5 Å². The second-order valence-electron chi connectivity index (χ2n) is 4.31. The predicted octanol–water partition coefficient (Wildman–Crippen LogP) is 1.41. The van der Waals surface area contributed by atoms with Gasteiger partial charge in [-0.3, -0.25) is 9.59 Å². The minimum Gasteiger partial charge on any atom is -0.356 e. The van der Waals surface area contributed by atoms with E-state index in [9.17, 15) is 9.59 Å². The molecule has 0 atom stereocenters. The monoisotopic (exact) mass is 255 g/mol. The van der Waals surface area contributed by atoms with E-state index < -0.39 is 0 Å². The number of nitrogens with one attached hydrogen (secondary N) is 1. The van der Waals surface area contributed by atoms with E-state index in [-0.39, 0.29) is 11.8 Å². The van der Waals surface area contributed by atoms with Crippen LogP contribution in [-0.2, 0) is 9.59 Å². The molecule has 5 nitrogen and oxygen atoms in total. The number of carbonyl (C=O) groups is 2. The summed E-state index contributed by atoms with van der Waals surface area (Å²) >= 11 is 0. The first-order valence-electron chi connectivity index (χ1n) is 6.67. The van der Waals surface area contributed by atoms with E-state index >= 15 is 0 Å². The normalized spacial score (nSPS) is 10.1. The fourth-order valence-corrected chi connectivity index (χ4v) is 1.58. The van der Waals surface area contributed by atoms with Crippen molar-refractivity contribution in [1.29, 1.82) is 0 Å². The standard InChI is InChI=1S/C13H25N3O2/c1-15-12(17)8-5-3-7-11-16-13(18)9-4-2-6-10-14/h1-11,14H2,(H,16,18). The molecular formula is C13H25N3O2. The number of rotatable bonds is 11. The summed E-state index contributed by atoms with van der Waals surface area (Å²) in [4.78, 5) is 25.5. The van der Waals surface area contributed by atoms with Gasteiger partial charge in [-0.15, -0.1) is 0 Å². The Labute approximate surface area is 109 Å². The Hall–Kier alpha value is -1.23. The van der Waals surface area contributed by atoms with E-state index in [2.05, 4.69) is 17.0 Å². The van der Waals surface area contributed by atoms with Crippen molar-refractivity contribution < 1.29 is 9.59 Å². The van der Waals surface area contributed by atoms with Gasteiger partial charge < -0.3 is 11.1 Å². The smallest absolute Gasteiger partial charge is 0.245 e. The summed E-state index contributed by atoms with van der Waals surface area (Å²) in [5, 5.41) is 2.87. The lowest BCUT2D eigenvalue weighted by molar-refractivity contribution is -0.121. The van der Waals surface area contributed by atoms with Crippen LogP contribution in [-0.4, -0.2) is 31.6 Å². The maximum absolute atomic E-state index is 11.4. The zero-order chi connectivity index (χ0) is 13.6. The van der Waals surface area contributed by atoms with Crippen LogP contribution >= 0.6 is 0 Å². The van der Waals surface area contributed by atoms with Crippen LogP contribution in [0.5, 0.6) is 0 Å². The van der Waals surface area contributed by atoms with Gasteiger partial charge in [-0.2, -0.15) is 0 Å². The molecule has 0 aliphatic carbocycles. The Bertz CT molecular complexity index is 255. The van der Waals surface area contributed by atoms with Crippen LogP contribution in [0.2, 0.25) is 0 Å². The van der Waals surface area contributed by atoms with Gasteiger partial charge >= 0.3 is 0 Å². The molecule has 0 aromatic carbocycles. The Morgan fingerprint density at radius 1 is 1.00 bits per heavy atom. The number of carbonyl (C=O) groups excluding carboxylic acids is 2. The highest BCUT2D eigenvalue weighted by Crippen LogP contribution is 2.01. The van der Waals surface area contributed by atoms with Crippen LogP contribution in [0.25, 0.3) is 0 Å². The second kappa shape index (κ2) is 12.2. The summed E-state index contributed by atoms with van der Waals surface area (Å²) in [6, 6.07) is 0. The van der Waals surface area contributed by atoms with E-state index in [1.165, 1.54) is 0 Å². The van der Waals surface area contributed by atoms with E-state index in [1.54, 1.807) is 0 Å². The molecule has 0 aliphatic rings. The number of amides is 2. The van der Waals surface area contributed by atoms with Gasteiger partial charge in [0.2, 0.25) is 11.8 Å². The number of aliphatic imine (C=N–C) groups is 1. The molecule has 0 aliphatic heterocycles. The molecule has 0 bridgehead atoms. The van der Waals surface area contributed by atoms with Crippen LogP contribution in [0.15, 0.2) is 4.99 Å². The van der Waals surface area contributed by atoms with Crippen molar-refractivity contribution in [3.63, 3.8) is 0 Å². The average molecular weight is 255 g/mol. The molecule has 0 radical (unpaired) electrons. The molecule has 0 unspecified atom stereocenters. The lowest BCUT2D eigenvalue weighted by Gasteiger charge is -2.04. The molecule has 2 amide bonds. The van der Waals surface area contributed by atoms with Gasteiger partial charge in [0.15, 0.2) is 0 Å². The first kappa shape index (κ1) is 16.8.